The maximum absolute atomic E-state index is 13.5. The zero-order valence-corrected chi connectivity index (χ0v) is 16.5. The second-order valence-corrected chi connectivity index (χ2v) is 8.09. The minimum Gasteiger partial charge on any atom is -0.454 e. The van der Waals surface area contributed by atoms with Crippen LogP contribution in [-0.2, 0) is 0 Å². The molecule has 3 aromatic rings. The van der Waals surface area contributed by atoms with E-state index in [1.165, 1.54) is 11.1 Å². The molecule has 2 atom stereocenters. The molecule has 2 bridgehead atoms. The molecule has 4 aliphatic rings. The average Bonchev–Trinajstić information content (AvgIpc) is 3.26. The number of carbonyl (C=O) groups excluding carboxylic acids is 1. The van der Waals surface area contributed by atoms with Crippen molar-refractivity contribution in [2.75, 3.05) is 13.3 Å². The highest BCUT2D eigenvalue weighted by atomic mass is 16.7. The fraction of sp³-hybridized carbons (Fsp3) is 0.192. The number of amides is 1. The number of rotatable bonds is 2. The van der Waals surface area contributed by atoms with Gasteiger partial charge in [0.1, 0.15) is 0 Å². The fourth-order valence-corrected chi connectivity index (χ4v) is 4.99. The van der Waals surface area contributed by atoms with Gasteiger partial charge in [-0.2, -0.15) is 0 Å². The first kappa shape index (κ1) is 17.3. The van der Waals surface area contributed by atoms with Crippen LogP contribution in [-0.4, -0.2) is 24.1 Å². The Bertz CT molecular complexity index is 1150. The predicted octanol–water partition coefficient (Wildman–Crippen LogP) is 5.18. The SMILES string of the molecule is O=C(c1ccccc1)N1C[C@@H]2C/C(=C/c3ccccc3)[C@H]1c1cc3c(cc12)OCO3. The Labute approximate surface area is 175 Å². The lowest BCUT2D eigenvalue weighted by molar-refractivity contribution is 0.0627. The molecule has 0 aromatic heterocycles. The van der Waals surface area contributed by atoms with E-state index in [9.17, 15) is 4.79 Å². The summed E-state index contributed by atoms with van der Waals surface area (Å²) in [5, 5.41) is 0. The van der Waals surface area contributed by atoms with E-state index in [0.717, 1.165) is 41.2 Å². The maximum atomic E-state index is 13.5. The molecule has 1 aliphatic carbocycles. The van der Waals surface area contributed by atoms with Gasteiger partial charge in [0.25, 0.3) is 5.91 Å². The van der Waals surface area contributed by atoms with Crippen molar-refractivity contribution in [2.24, 2.45) is 0 Å². The zero-order chi connectivity index (χ0) is 20.1. The smallest absolute Gasteiger partial charge is 0.254 e. The van der Waals surface area contributed by atoms with E-state index in [2.05, 4.69) is 30.3 Å². The monoisotopic (exact) mass is 395 g/mol. The van der Waals surface area contributed by atoms with Gasteiger partial charge in [0.05, 0.1) is 6.04 Å². The number of carbonyl (C=O) groups is 1. The van der Waals surface area contributed by atoms with Gasteiger partial charge < -0.3 is 14.4 Å². The van der Waals surface area contributed by atoms with E-state index in [0.29, 0.717) is 0 Å². The van der Waals surface area contributed by atoms with E-state index >= 15 is 0 Å². The van der Waals surface area contributed by atoms with Crippen molar-refractivity contribution < 1.29 is 14.3 Å². The lowest BCUT2D eigenvalue weighted by Crippen LogP contribution is -2.46. The third-order valence-corrected chi connectivity index (χ3v) is 6.31. The highest BCUT2D eigenvalue weighted by Crippen LogP contribution is 2.53. The van der Waals surface area contributed by atoms with Crippen LogP contribution in [0.5, 0.6) is 11.5 Å². The van der Waals surface area contributed by atoms with Crippen molar-refractivity contribution in [3.8, 4) is 11.5 Å². The Morgan fingerprint density at radius 1 is 0.900 bits per heavy atom. The Kier molecular flexibility index (Phi) is 3.91. The summed E-state index contributed by atoms with van der Waals surface area (Å²) in [6, 6.07) is 24.0. The normalized spacial score (nSPS) is 22.3. The van der Waals surface area contributed by atoms with Gasteiger partial charge in [-0.3, -0.25) is 4.79 Å². The highest BCUT2D eigenvalue weighted by Gasteiger charge is 2.44. The largest absolute Gasteiger partial charge is 0.454 e. The third kappa shape index (κ3) is 2.71. The standard InChI is InChI=1S/C26H21NO3/c28-26(18-9-5-2-6-10-18)27-15-20-12-19(11-17-7-3-1-4-8-17)25(27)22-14-24-23(13-21(20)22)29-16-30-24/h1-11,13-14,20,25H,12,15-16H2/b19-11-/t20-,25-/m0/s1. The van der Waals surface area contributed by atoms with Gasteiger partial charge >= 0.3 is 0 Å². The van der Waals surface area contributed by atoms with Gasteiger partial charge in [0.15, 0.2) is 11.5 Å². The molecule has 1 fully saturated rings. The summed E-state index contributed by atoms with van der Waals surface area (Å²) in [5.41, 5.74) is 5.61. The van der Waals surface area contributed by atoms with Crippen LogP contribution >= 0.6 is 0 Å². The second-order valence-electron chi connectivity index (χ2n) is 8.09. The molecule has 0 N–H and O–H groups in total. The summed E-state index contributed by atoms with van der Waals surface area (Å²) in [6.45, 7) is 0.976. The van der Waals surface area contributed by atoms with Gasteiger partial charge in [-0.1, -0.05) is 54.6 Å². The first-order chi connectivity index (χ1) is 14.8. The molecule has 1 saturated heterocycles. The zero-order valence-electron chi connectivity index (χ0n) is 16.5. The summed E-state index contributed by atoms with van der Waals surface area (Å²) < 4.78 is 11.3. The maximum Gasteiger partial charge on any atom is 0.254 e. The molecule has 3 heterocycles. The van der Waals surface area contributed by atoms with Crippen molar-refractivity contribution in [2.45, 2.75) is 18.4 Å². The van der Waals surface area contributed by atoms with Crippen LogP contribution in [0.1, 0.15) is 45.4 Å². The molecule has 4 nitrogen and oxygen atoms in total. The van der Waals surface area contributed by atoms with Gasteiger partial charge in [0.2, 0.25) is 6.79 Å². The van der Waals surface area contributed by atoms with E-state index in [1.54, 1.807) is 0 Å². The Morgan fingerprint density at radius 2 is 1.57 bits per heavy atom. The van der Waals surface area contributed by atoms with E-state index in [-0.39, 0.29) is 24.7 Å². The Hall–Kier alpha value is -3.53. The molecule has 7 rings (SSSR count). The van der Waals surface area contributed by atoms with Gasteiger partial charge in [0, 0.05) is 18.0 Å². The van der Waals surface area contributed by atoms with Crippen LogP contribution in [0, 0.1) is 0 Å². The Morgan fingerprint density at radius 3 is 2.30 bits per heavy atom. The van der Waals surface area contributed by atoms with Crippen molar-refractivity contribution in [3.63, 3.8) is 0 Å². The quantitative estimate of drug-likeness (QED) is 0.600. The molecule has 148 valence electrons. The molecule has 1 amide bonds. The lowest BCUT2D eigenvalue weighted by Gasteiger charge is -2.48. The van der Waals surface area contributed by atoms with Gasteiger partial charge in [-0.25, -0.2) is 0 Å². The molecule has 4 heteroatoms. The number of hydrogen-bond donors (Lipinski definition) is 0. The summed E-state index contributed by atoms with van der Waals surface area (Å²) in [5.74, 6) is 1.91. The molecule has 3 aromatic carbocycles. The first-order valence-corrected chi connectivity index (χ1v) is 10.3. The number of benzene rings is 3. The lowest BCUT2D eigenvalue weighted by atomic mass is 9.71. The topological polar surface area (TPSA) is 38.8 Å². The molecule has 0 saturated carbocycles. The van der Waals surface area contributed by atoms with Crippen LogP contribution in [0.3, 0.4) is 0 Å². The van der Waals surface area contributed by atoms with E-state index in [4.69, 9.17) is 9.47 Å². The summed E-state index contributed by atoms with van der Waals surface area (Å²) in [4.78, 5) is 15.5. The summed E-state index contributed by atoms with van der Waals surface area (Å²) in [6.07, 6.45) is 3.19. The number of fused-ring (bicyclic) bond motifs is 3. The minimum absolute atomic E-state index is 0.0765. The highest BCUT2D eigenvalue weighted by molar-refractivity contribution is 5.95. The minimum atomic E-state index is -0.0904. The van der Waals surface area contributed by atoms with E-state index in [1.807, 2.05) is 53.4 Å². The molecule has 30 heavy (non-hydrogen) atoms. The van der Waals surface area contributed by atoms with Crippen LogP contribution in [0.15, 0.2) is 78.4 Å². The molecular formula is C26H21NO3. The second kappa shape index (κ2) is 6.77. The fourth-order valence-electron chi connectivity index (χ4n) is 4.99. The summed E-state index contributed by atoms with van der Waals surface area (Å²) >= 11 is 0. The number of piperidine rings is 1. The van der Waals surface area contributed by atoms with Crippen molar-refractivity contribution in [1.82, 2.24) is 4.90 Å². The van der Waals surface area contributed by atoms with Crippen LogP contribution in [0.2, 0.25) is 0 Å². The predicted molar refractivity (Wildman–Crippen MR) is 115 cm³/mol. The van der Waals surface area contributed by atoms with Gasteiger partial charge in [-0.15, -0.1) is 0 Å². The van der Waals surface area contributed by atoms with Crippen molar-refractivity contribution in [3.05, 3.63) is 101 Å². The first-order valence-electron chi connectivity index (χ1n) is 10.3. The third-order valence-electron chi connectivity index (χ3n) is 6.31. The summed E-state index contributed by atoms with van der Waals surface area (Å²) in [7, 11) is 0. The Balaban J connectivity index is 1.48. The average molecular weight is 395 g/mol. The number of hydrogen-bond acceptors (Lipinski definition) is 3. The number of ether oxygens (including phenoxy) is 2. The van der Waals surface area contributed by atoms with Crippen LogP contribution in [0.4, 0.5) is 0 Å². The van der Waals surface area contributed by atoms with Gasteiger partial charge in [-0.05, 0) is 52.9 Å². The molecular weight excluding hydrogens is 374 g/mol. The molecule has 0 radical (unpaired) electrons. The molecule has 0 unspecified atom stereocenters. The number of nitrogens with zero attached hydrogens (tertiary/aromatic N) is 1. The molecule has 0 spiro atoms. The van der Waals surface area contributed by atoms with Crippen LogP contribution < -0.4 is 9.47 Å². The molecule has 3 aliphatic heterocycles. The van der Waals surface area contributed by atoms with Crippen molar-refractivity contribution in [1.29, 1.82) is 0 Å². The van der Waals surface area contributed by atoms with Crippen LogP contribution in [0.25, 0.3) is 6.08 Å². The van der Waals surface area contributed by atoms with E-state index < -0.39 is 0 Å². The van der Waals surface area contributed by atoms with Crippen molar-refractivity contribution >= 4 is 12.0 Å².